The number of aromatic nitrogens is 4. The van der Waals surface area contributed by atoms with Crippen LogP contribution in [-0.2, 0) is 0 Å². The Labute approximate surface area is 202 Å². The highest BCUT2D eigenvalue weighted by atomic mass is 19.1. The number of nitrogens with one attached hydrogen (secondary N) is 2. The maximum absolute atomic E-state index is 14.7. The maximum Gasteiger partial charge on any atom is 0.323 e. The number of aromatic amines is 2. The molecule has 5 aromatic rings. The molecule has 6 rings (SSSR count). The van der Waals surface area contributed by atoms with Gasteiger partial charge in [0.25, 0.3) is 0 Å². The minimum atomic E-state index is -0.692. The number of imidazole rings is 1. The zero-order chi connectivity index (χ0) is 25.0. The number of H-pyrrole nitrogens is 2. The predicted molar refractivity (Wildman–Crippen MR) is 132 cm³/mol. The first-order valence-electron chi connectivity index (χ1n) is 11.5. The molecule has 2 aromatic carbocycles. The van der Waals surface area contributed by atoms with Gasteiger partial charge in [0.1, 0.15) is 28.5 Å². The Morgan fingerprint density at radius 1 is 0.944 bits per heavy atom. The van der Waals surface area contributed by atoms with Gasteiger partial charge in [-0.05, 0) is 54.8 Å². The van der Waals surface area contributed by atoms with Gasteiger partial charge in [-0.1, -0.05) is 0 Å². The molecule has 0 radical (unpaired) electrons. The Kier molecular flexibility index (Phi) is 5.26. The summed E-state index contributed by atoms with van der Waals surface area (Å²) in [6.07, 6.45) is 3.10. The summed E-state index contributed by atoms with van der Waals surface area (Å²) in [4.78, 5) is 28.1. The Hall–Kier alpha value is -4.18. The van der Waals surface area contributed by atoms with Crippen LogP contribution in [0.4, 0.5) is 18.9 Å². The summed E-state index contributed by atoms with van der Waals surface area (Å²) < 4.78 is 43.0. The molecule has 10 heteroatoms. The van der Waals surface area contributed by atoms with E-state index < -0.39 is 23.1 Å². The first-order valence-corrected chi connectivity index (χ1v) is 11.5. The van der Waals surface area contributed by atoms with E-state index in [0.29, 0.717) is 57.7 Å². The molecule has 0 bridgehead atoms. The van der Waals surface area contributed by atoms with Gasteiger partial charge < -0.3 is 20.6 Å². The van der Waals surface area contributed by atoms with Gasteiger partial charge in [0.05, 0.1) is 22.4 Å². The van der Waals surface area contributed by atoms with Crippen molar-refractivity contribution in [2.75, 3.05) is 18.0 Å². The molecule has 36 heavy (non-hydrogen) atoms. The Morgan fingerprint density at radius 3 is 2.44 bits per heavy atom. The van der Waals surface area contributed by atoms with Crippen molar-refractivity contribution in [3.05, 3.63) is 76.6 Å². The van der Waals surface area contributed by atoms with Crippen LogP contribution in [0.2, 0.25) is 0 Å². The number of anilines is 1. The molecule has 4 N–H and O–H groups in total. The molecule has 0 atom stereocenters. The molecular weight excluding hydrogens is 469 g/mol. The van der Waals surface area contributed by atoms with Crippen molar-refractivity contribution < 1.29 is 13.2 Å². The first kappa shape index (κ1) is 22.3. The van der Waals surface area contributed by atoms with Crippen molar-refractivity contribution >= 4 is 27.8 Å². The molecule has 3 aromatic heterocycles. The van der Waals surface area contributed by atoms with E-state index in [-0.39, 0.29) is 11.6 Å². The fourth-order valence-electron chi connectivity index (χ4n) is 4.82. The fraction of sp³-hybridized carbons (Fsp3) is 0.192. The van der Waals surface area contributed by atoms with E-state index in [1.807, 2.05) is 0 Å². The number of nitrogens with two attached hydrogens (primary N) is 1. The van der Waals surface area contributed by atoms with Gasteiger partial charge in [0.2, 0.25) is 0 Å². The minimum absolute atomic E-state index is 0.0751. The summed E-state index contributed by atoms with van der Waals surface area (Å²) in [6.45, 7) is 1.28. The first-order chi connectivity index (χ1) is 17.4. The highest BCUT2D eigenvalue weighted by Gasteiger charge is 2.24. The number of fused-ring (bicyclic) bond motifs is 2. The monoisotopic (exact) mass is 490 g/mol. The molecule has 0 unspecified atom stereocenters. The number of rotatable bonds is 3. The lowest BCUT2D eigenvalue weighted by molar-refractivity contribution is 0.502. The van der Waals surface area contributed by atoms with E-state index in [2.05, 4.69) is 19.9 Å². The Morgan fingerprint density at radius 2 is 1.69 bits per heavy atom. The van der Waals surface area contributed by atoms with Gasteiger partial charge in [-0.3, -0.25) is 4.98 Å². The van der Waals surface area contributed by atoms with Gasteiger partial charge in [0.15, 0.2) is 0 Å². The number of piperidine rings is 1. The largest absolute Gasteiger partial charge is 0.369 e. The Balaban J connectivity index is 1.58. The van der Waals surface area contributed by atoms with Crippen LogP contribution in [0.1, 0.15) is 12.8 Å². The summed E-state index contributed by atoms with van der Waals surface area (Å²) in [5, 5.41) is 0. The van der Waals surface area contributed by atoms with Crippen molar-refractivity contribution in [1.82, 2.24) is 19.9 Å². The van der Waals surface area contributed by atoms with E-state index in [1.165, 1.54) is 18.2 Å². The minimum Gasteiger partial charge on any atom is -0.369 e. The van der Waals surface area contributed by atoms with Crippen LogP contribution in [0.15, 0.2) is 53.5 Å². The molecule has 1 aliphatic heterocycles. The summed E-state index contributed by atoms with van der Waals surface area (Å²) in [7, 11) is 0. The second-order valence-electron chi connectivity index (χ2n) is 9.03. The zero-order valence-electron chi connectivity index (χ0n) is 19.0. The third-order valence-corrected chi connectivity index (χ3v) is 6.59. The van der Waals surface area contributed by atoms with Gasteiger partial charge in [-0.15, -0.1) is 0 Å². The van der Waals surface area contributed by atoms with Crippen LogP contribution in [-0.4, -0.2) is 39.1 Å². The third kappa shape index (κ3) is 3.89. The number of hydrogen-bond acceptors (Lipinski definition) is 5. The maximum atomic E-state index is 14.7. The Bertz CT molecular complexity index is 1670. The summed E-state index contributed by atoms with van der Waals surface area (Å²) in [5.41, 5.74) is 9.63. The van der Waals surface area contributed by atoms with Crippen molar-refractivity contribution in [2.45, 2.75) is 18.9 Å². The molecule has 0 saturated carbocycles. The van der Waals surface area contributed by atoms with Crippen molar-refractivity contribution in [3.8, 4) is 22.4 Å². The molecule has 0 spiro atoms. The van der Waals surface area contributed by atoms with E-state index in [4.69, 9.17) is 10.7 Å². The highest BCUT2D eigenvalue weighted by Crippen LogP contribution is 2.38. The van der Waals surface area contributed by atoms with Crippen LogP contribution in [0.5, 0.6) is 0 Å². The molecular formula is C26H21F3N6O. The normalized spacial score (nSPS) is 14.7. The fourth-order valence-corrected chi connectivity index (χ4v) is 4.82. The van der Waals surface area contributed by atoms with Crippen molar-refractivity contribution in [3.63, 3.8) is 0 Å². The van der Waals surface area contributed by atoms with Crippen molar-refractivity contribution in [2.24, 2.45) is 5.73 Å². The number of hydrogen-bond donors (Lipinski definition) is 3. The molecule has 7 nitrogen and oxygen atoms in total. The quantitative estimate of drug-likeness (QED) is 0.346. The highest BCUT2D eigenvalue weighted by molar-refractivity contribution is 5.98. The van der Waals surface area contributed by atoms with E-state index in [0.717, 1.165) is 18.9 Å². The van der Waals surface area contributed by atoms with Gasteiger partial charge in [-0.2, -0.15) is 0 Å². The lowest BCUT2D eigenvalue weighted by Gasteiger charge is -2.34. The number of benzene rings is 2. The smallest absolute Gasteiger partial charge is 0.323 e. The van der Waals surface area contributed by atoms with E-state index in [1.54, 1.807) is 24.4 Å². The molecule has 1 fully saturated rings. The van der Waals surface area contributed by atoms with Crippen LogP contribution >= 0.6 is 0 Å². The summed E-state index contributed by atoms with van der Waals surface area (Å²) in [6, 6.07) is 9.87. The zero-order valence-corrected chi connectivity index (χ0v) is 19.0. The standard InChI is InChI=1S/C26H21F3N6O/c27-15-7-13(8-16(28)11-15)18-12-31-21-2-1-20(14-9-19(29)23-22(10-14)33-26(36)34-23)32-24(21)25(18)35-5-3-17(30)4-6-35/h1-2,7-12,17H,3-6,30H2,(H2,33,34,36). The second-order valence-corrected chi connectivity index (χ2v) is 9.03. The molecule has 1 aliphatic rings. The topological polar surface area (TPSA) is 104 Å². The second kappa shape index (κ2) is 8.49. The van der Waals surface area contributed by atoms with Crippen LogP contribution in [0.25, 0.3) is 44.5 Å². The molecule has 0 amide bonds. The van der Waals surface area contributed by atoms with Crippen LogP contribution in [0.3, 0.4) is 0 Å². The predicted octanol–water partition coefficient (Wildman–Crippen LogP) is 4.48. The van der Waals surface area contributed by atoms with E-state index in [9.17, 15) is 18.0 Å². The summed E-state index contributed by atoms with van der Waals surface area (Å²) in [5.74, 6) is -1.97. The number of halogens is 3. The average molecular weight is 490 g/mol. The van der Waals surface area contributed by atoms with Crippen LogP contribution in [0, 0.1) is 17.5 Å². The number of nitrogens with zero attached hydrogens (tertiary/aromatic N) is 3. The average Bonchev–Trinajstić information content (AvgIpc) is 3.24. The van der Waals surface area contributed by atoms with Gasteiger partial charge in [-0.25, -0.2) is 22.9 Å². The lowest BCUT2D eigenvalue weighted by atomic mass is 9.99. The van der Waals surface area contributed by atoms with E-state index >= 15 is 0 Å². The summed E-state index contributed by atoms with van der Waals surface area (Å²) >= 11 is 0. The van der Waals surface area contributed by atoms with Crippen molar-refractivity contribution in [1.29, 1.82) is 0 Å². The molecule has 0 aliphatic carbocycles. The lowest BCUT2D eigenvalue weighted by Crippen LogP contribution is -2.40. The van der Waals surface area contributed by atoms with Gasteiger partial charge >= 0.3 is 5.69 Å². The number of pyridine rings is 2. The van der Waals surface area contributed by atoms with Gasteiger partial charge in [0, 0.05) is 42.5 Å². The van der Waals surface area contributed by atoms with Crippen LogP contribution < -0.4 is 16.3 Å². The molecule has 4 heterocycles. The molecule has 182 valence electrons. The SMILES string of the molecule is NC1CCN(c2c(-c3cc(F)cc(F)c3)cnc3ccc(-c4cc(F)c5[nH]c(=O)[nH]c5c4)nc23)CC1. The molecule has 1 saturated heterocycles. The third-order valence-electron chi connectivity index (χ3n) is 6.59.